The van der Waals surface area contributed by atoms with Crippen LogP contribution in [-0.2, 0) is 39.5 Å². The van der Waals surface area contributed by atoms with Crippen molar-refractivity contribution in [2.24, 2.45) is 0 Å². The number of aryl methyl sites for hydroxylation is 1. The zero-order valence-electron chi connectivity index (χ0n) is 23.6. The van der Waals surface area contributed by atoms with Crippen LogP contribution in [0.25, 0.3) is 22.3 Å². The molecule has 222 valence electrons. The van der Waals surface area contributed by atoms with Gasteiger partial charge < -0.3 is 24.5 Å². The predicted octanol–water partition coefficient (Wildman–Crippen LogP) is 3.19. The summed E-state index contributed by atoms with van der Waals surface area (Å²) in [7, 11) is 0. The molecule has 5 rings (SSSR count). The molecule has 0 spiro atoms. The summed E-state index contributed by atoms with van der Waals surface area (Å²) in [6.07, 6.45) is 3.34. The van der Waals surface area contributed by atoms with Crippen molar-refractivity contribution in [1.29, 1.82) is 0 Å². The van der Waals surface area contributed by atoms with E-state index in [4.69, 9.17) is 19.7 Å². The van der Waals surface area contributed by atoms with Gasteiger partial charge in [-0.1, -0.05) is 26.7 Å². The molecule has 0 saturated carbocycles. The number of hydroxylamine groups is 1. The van der Waals surface area contributed by atoms with Crippen LogP contribution in [0.1, 0.15) is 74.6 Å². The molecule has 3 aromatic rings. The molecule has 12 nitrogen and oxygen atoms in total. The van der Waals surface area contributed by atoms with E-state index in [-0.39, 0.29) is 42.7 Å². The van der Waals surface area contributed by atoms with E-state index in [1.54, 1.807) is 35.2 Å². The van der Waals surface area contributed by atoms with Gasteiger partial charge in [0, 0.05) is 35.0 Å². The molecule has 0 aliphatic carbocycles. The Morgan fingerprint density at radius 2 is 1.93 bits per heavy atom. The molecular formula is C30H34N4O8. The van der Waals surface area contributed by atoms with Crippen molar-refractivity contribution in [1.82, 2.24) is 20.3 Å². The first-order valence-corrected chi connectivity index (χ1v) is 14.2. The molecule has 4 N–H and O–H groups in total. The van der Waals surface area contributed by atoms with Gasteiger partial charge in [-0.15, -0.1) is 0 Å². The van der Waals surface area contributed by atoms with Crippen molar-refractivity contribution >= 4 is 28.9 Å². The van der Waals surface area contributed by atoms with Crippen LogP contribution in [0.4, 0.5) is 4.79 Å². The van der Waals surface area contributed by atoms with E-state index in [0.717, 1.165) is 35.8 Å². The summed E-state index contributed by atoms with van der Waals surface area (Å²) in [5.74, 6) is -0.750. The van der Waals surface area contributed by atoms with Gasteiger partial charge in [-0.2, -0.15) is 0 Å². The number of nitrogens with zero attached hydrogens (tertiary/aromatic N) is 2. The number of cyclic esters (lactones) is 1. The SMILES string of the molecule is CCc1c(OC(=O)NCCCCCCC(=O)NO)ccc2nc3c(cc12)Cn1c-3cc2c(c1=O)COC(=O)[C@]2(O)CC. The molecular weight excluding hydrogens is 544 g/mol. The molecule has 2 amide bonds. The van der Waals surface area contributed by atoms with E-state index in [9.17, 15) is 24.3 Å². The minimum absolute atomic E-state index is 0.0709. The highest BCUT2D eigenvalue weighted by molar-refractivity contribution is 5.90. The maximum atomic E-state index is 13.4. The number of pyridine rings is 2. The van der Waals surface area contributed by atoms with Crippen molar-refractivity contribution in [2.45, 2.75) is 77.5 Å². The van der Waals surface area contributed by atoms with E-state index in [2.05, 4.69) is 5.32 Å². The van der Waals surface area contributed by atoms with Crippen molar-refractivity contribution in [2.75, 3.05) is 6.54 Å². The predicted molar refractivity (Wildman–Crippen MR) is 151 cm³/mol. The number of rotatable bonds is 10. The number of nitrogens with one attached hydrogen (secondary N) is 2. The van der Waals surface area contributed by atoms with Crippen molar-refractivity contribution in [3.8, 4) is 17.1 Å². The molecule has 0 unspecified atom stereocenters. The lowest BCUT2D eigenvalue weighted by atomic mass is 9.86. The quantitative estimate of drug-likeness (QED) is 0.0955. The molecule has 0 bridgehead atoms. The number of unbranched alkanes of at least 4 members (excludes halogenated alkanes) is 3. The lowest BCUT2D eigenvalue weighted by Crippen LogP contribution is -2.44. The highest BCUT2D eigenvalue weighted by Gasteiger charge is 2.45. The van der Waals surface area contributed by atoms with Crippen LogP contribution in [0.5, 0.6) is 5.75 Å². The summed E-state index contributed by atoms with van der Waals surface area (Å²) in [5.41, 5.74) is 3.35. The summed E-state index contributed by atoms with van der Waals surface area (Å²) in [6.45, 7) is 4.14. The zero-order valence-corrected chi connectivity index (χ0v) is 23.6. The summed E-state index contributed by atoms with van der Waals surface area (Å²) in [6, 6.07) is 7.10. The molecule has 1 atom stereocenters. The Bertz CT molecular complexity index is 1630. The van der Waals surface area contributed by atoms with Gasteiger partial charge in [0.15, 0.2) is 5.60 Å². The number of benzene rings is 1. The fourth-order valence-electron chi connectivity index (χ4n) is 5.70. The van der Waals surface area contributed by atoms with Gasteiger partial charge in [-0.05, 0) is 49.9 Å². The number of carbonyl (C=O) groups excluding carboxylic acids is 3. The molecule has 1 aromatic carbocycles. The number of fused-ring (bicyclic) bond motifs is 5. The maximum Gasteiger partial charge on any atom is 0.412 e. The van der Waals surface area contributed by atoms with Gasteiger partial charge in [0.05, 0.1) is 29.0 Å². The van der Waals surface area contributed by atoms with E-state index in [0.29, 0.717) is 42.0 Å². The number of carbonyl (C=O) groups is 3. The minimum Gasteiger partial charge on any atom is -0.458 e. The molecule has 0 radical (unpaired) electrons. The van der Waals surface area contributed by atoms with E-state index in [1.165, 1.54) is 0 Å². The minimum atomic E-state index is -1.89. The number of ether oxygens (including phenoxy) is 2. The summed E-state index contributed by atoms with van der Waals surface area (Å²) < 4.78 is 12.4. The van der Waals surface area contributed by atoms with Gasteiger partial charge in [-0.25, -0.2) is 20.1 Å². The average molecular weight is 579 g/mol. The highest BCUT2D eigenvalue weighted by atomic mass is 16.6. The summed E-state index contributed by atoms with van der Waals surface area (Å²) in [4.78, 5) is 54.2. The zero-order chi connectivity index (χ0) is 30.0. The van der Waals surface area contributed by atoms with E-state index < -0.39 is 23.6 Å². The Kier molecular flexibility index (Phi) is 8.28. The largest absolute Gasteiger partial charge is 0.458 e. The first-order valence-electron chi connectivity index (χ1n) is 14.2. The fraction of sp³-hybridized carbons (Fsp3) is 0.433. The third-order valence-corrected chi connectivity index (χ3v) is 8.04. The summed E-state index contributed by atoms with van der Waals surface area (Å²) >= 11 is 0. The monoisotopic (exact) mass is 578 g/mol. The second-order valence-electron chi connectivity index (χ2n) is 10.6. The van der Waals surface area contributed by atoms with Crippen molar-refractivity contribution in [3.05, 3.63) is 56.9 Å². The number of hydrogen-bond donors (Lipinski definition) is 4. The van der Waals surface area contributed by atoms with Gasteiger partial charge >= 0.3 is 12.1 Å². The number of aromatic nitrogens is 2. The van der Waals surface area contributed by atoms with Crippen molar-refractivity contribution < 1.29 is 34.2 Å². The van der Waals surface area contributed by atoms with Crippen LogP contribution in [0.3, 0.4) is 0 Å². The first-order chi connectivity index (χ1) is 20.2. The summed E-state index contributed by atoms with van der Waals surface area (Å²) in [5, 5.41) is 23.1. The third-order valence-electron chi connectivity index (χ3n) is 8.04. The second-order valence-corrected chi connectivity index (χ2v) is 10.6. The van der Waals surface area contributed by atoms with Gasteiger partial charge in [0.2, 0.25) is 5.91 Å². The third kappa shape index (κ3) is 5.23. The van der Waals surface area contributed by atoms with Gasteiger partial charge in [0.25, 0.3) is 5.56 Å². The molecule has 0 fully saturated rings. The number of amides is 2. The Morgan fingerprint density at radius 3 is 2.67 bits per heavy atom. The average Bonchev–Trinajstić information content (AvgIpc) is 3.35. The fourth-order valence-corrected chi connectivity index (χ4v) is 5.70. The molecule has 4 heterocycles. The topological polar surface area (TPSA) is 169 Å². The standard InChI is InChI=1S/C30H34N4O8/c1-3-18-19-13-17-15-34-23(14-21-20(27(34)36)16-41-28(37)30(21,39)4-2)26(17)32-22(19)10-11-24(18)42-29(38)31-12-8-6-5-7-9-25(35)33-40/h10-11,13-14,39-40H,3-9,12,15-16H2,1-2H3,(H,31,38)(H,33,35)/t30-/m0/s1. The Hall–Kier alpha value is -4.29. The number of hydrogen-bond acceptors (Lipinski definition) is 9. The molecule has 2 aromatic heterocycles. The smallest absolute Gasteiger partial charge is 0.412 e. The molecule has 2 aliphatic rings. The normalized spacial score (nSPS) is 16.8. The molecule has 2 aliphatic heterocycles. The van der Waals surface area contributed by atoms with Crippen LogP contribution in [0.15, 0.2) is 29.1 Å². The molecule has 0 saturated heterocycles. The Morgan fingerprint density at radius 1 is 1.14 bits per heavy atom. The van der Waals surface area contributed by atoms with Gasteiger partial charge in [-0.3, -0.25) is 14.8 Å². The molecule has 42 heavy (non-hydrogen) atoms. The van der Waals surface area contributed by atoms with E-state index in [1.807, 2.05) is 13.0 Å². The Labute approximate surface area is 241 Å². The highest BCUT2D eigenvalue weighted by Crippen LogP contribution is 2.39. The van der Waals surface area contributed by atoms with Crippen molar-refractivity contribution in [3.63, 3.8) is 0 Å². The number of esters is 1. The molecule has 12 heteroatoms. The second kappa shape index (κ2) is 11.9. The maximum absolute atomic E-state index is 13.4. The van der Waals surface area contributed by atoms with Crippen LogP contribution in [0, 0.1) is 0 Å². The van der Waals surface area contributed by atoms with Crippen LogP contribution in [0.2, 0.25) is 0 Å². The van der Waals surface area contributed by atoms with Crippen LogP contribution >= 0.6 is 0 Å². The first kappa shape index (κ1) is 29.2. The van der Waals surface area contributed by atoms with Gasteiger partial charge in [0.1, 0.15) is 12.4 Å². The number of aliphatic hydroxyl groups is 1. The van der Waals surface area contributed by atoms with Crippen LogP contribution < -0.4 is 21.1 Å². The lowest BCUT2D eigenvalue weighted by Gasteiger charge is -2.31. The lowest BCUT2D eigenvalue weighted by molar-refractivity contribution is -0.172. The Balaban J connectivity index is 1.34. The van der Waals surface area contributed by atoms with Crippen LogP contribution in [-0.4, -0.2) is 44.4 Å². The van der Waals surface area contributed by atoms with E-state index >= 15 is 0 Å².